The topological polar surface area (TPSA) is 77.2 Å². The van der Waals surface area contributed by atoms with E-state index in [4.69, 9.17) is 14.8 Å². The second-order valence-corrected chi connectivity index (χ2v) is 8.35. The summed E-state index contributed by atoms with van der Waals surface area (Å²) in [5.41, 5.74) is 4.78. The fraction of sp³-hybridized carbons (Fsp3) is 0.478. The van der Waals surface area contributed by atoms with Crippen LogP contribution in [0, 0.1) is 0 Å². The second-order valence-electron chi connectivity index (χ2n) is 8.35. The molecule has 0 atom stereocenters. The third-order valence-electron chi connectivity index (χ3n) is 6.12. The molecule has 5 rings (SSSR count). The van der Waals surface area contributed by atoms with Gasteiger partial charge in [-0.3, -0.25) is 0 Å². The van der Waals surface area contributed by atoms with Crippen LogP contribution in [-0.4, -0.2) is 49.7 Å². The molecule has 0 unspecified atom stereocenters. The molecular weight excluding hydrogens is 414 g/mol. The first-order valence-corrected chi connectivity index (χ1v) is 11.2. The van der Waals surface area contributed by atoms with Crippen LogP contribution in [0.5, 0.6) is 0 Å². The van der Waals surface area contributed by atoms with Crippen molar-refractivity contribution in [2.45, 2.75) is 63.5 Å². The predicted octanol–water partition coefficient (Wildman–Crippen LogP) is 4.29. The van der Waals surface area contributed by atoms with Crippen molar-refractivity contribution in [3.05, 3.63) is 53.8 Å². The van der Waals surface area contributed by atoms with E-state index in [2.05, 4.69) is 21.4 Å². The normalized spacial score (nSPS) is 21.3. The van der Waals surface area contributed by atoms with Crippen molar-refractivity contribution in [1.29, 1.82) is 0 Å². The first kappa shape index (κ1) is 20.9. The van der Waals surface area contributed by atoms with Crippen molar-refractivity contribution in [2.24, 2.45) is 0 Å². The summed E-state index contributed by atoms with van der Waals surface area (Å²) in [6.45, 7) is -0.477. The van der Waals surface area contributed by atoms with Crippen molar-refractivity contribution in [3.8, 4) is 0 Å². The number of aryl methyl sites for hydroxylation is 1. The van der Waals surface area contributed by atoms with Crippen molar-refractivity contribution >= 4 is 17.2 Å². The van der Waals surface area contributed by atoms with Crippen LogP contribution in [0.25, 0.3) is 11.2 Å². The Morgan fingerprint density at radius 2 is 2.03 bits per heavy atom. The minimum absolute atomic E-state index is 0.0805. The van der Waals surface area contributed by atoms with Gasteiger partial charge in [0.15, 0.2) is 5.65 Å². The average molecular weight is 440 g/mol. The maximum absolute atomic E-state index is 12.3. The Morgan fingerprint density at radius 1 is 1.16 bits per heavy atom. The van der Waals surface area contributed by atoms with Gasteiger partial charge < -0.3 is 10.1 Å². The number of alkyl halides is 2. The number of allylic oxidation sites excluding steroid dienone is 1. The number of hydrogen-bond acceptors (Lipinski definition) is 6. The van der Waals surface area contributed by atoms with Crippen LogP contribution in [0.4, 0.5) is 14.7 Å². The molecule has 2 aliphatic rings. The number of halogens is 2. The molecule has 0 radical (unpaired) electrons. The maximum Gasteiger partial charge on any atom is 0.261 e. The van der Waals surface area contributed by atoms with Crippen LogP contribution in [0.1, 0.15) is 55.5 Å². The molecule has 7 nitrogen and oxygen atoms in total. The van der Waals surface area contributed by atoms with Crippen molar-refractivity contribution < 1.29 is 13.5 Å². The molecule has 168 valence electrons. The third kappa shape index (κ3) is 4.62. The highest BCUT2D eigenvalue weighted by molar-refractivity contribution is 5.79. The van der Waals surface area contributed by atoms with Crippen LogP contribution in [0.2, 0.25) is 0 Å². The highest BCUT2D eigenvalue weighted by Gasteiger charge is 2.24. The van der Waals surface area contributed by atoms with Gasteiger partial charge in [0.05, 0.1) is 17.5 Å². The Hall–Kier alpha value is -2.94. The number of imidazole rings is 1. The number of fused-ring (bicyclic) bond motifs is 2. The molecule has 32 heavy (non-hydrogen) atoms. The van der Waals surface area contributed by atoms with Crippen LogP contribution < -0.4 is 5.32 Å². The Labute approximate surface area is 184 Å². The van der Waals surface area contributed by atoms with Crippen molar-refractivity contribution in [1.82, 2.24) is 24.6 Å². The predicted molar refractivity (Wildman–Crippen MR) is 117 cm³/mol. The summed E-state index contributed by atoms with van der Waals surface area (Å²) < 4.78 is 31.7. The first-order valence-electron chi connectivity index (χ1n) is 11.2. The molecule has 1 fully saturated rings. The molecule has 0 aromatic carbocycles. The highest BCUT2D eigenvalue weighted by atomic mass is 19.3. The van der Waals surface area contributed by atoms with E-state index in [0.717, 1.165) is 73.1 Å². The van der Waals surface area contributed by atoms with Crippen LogP contribution in [-0.2, 0) is 11.2 Å². The largest absolute Gasteiger partial charge is 0.372 e. The summed E-state index contributed by atoms with van der Waals surface area (Å²) in [7, 11) is 0. The summed E-state index contributed by atoms with van der Waals surface area (Å²) in [5, 5.41) is 8.14. The Bertz CT molecular complexity index is 1110. The molecule has 0 bridgehead atoms. The zero-order valence-electron chi connectivity index (χ0n) is 17.8. The molecule has 2 aliphatic carbocycles. The van der Waals surface area contributed by atoms with E-state index < -0.39 is 13.0 Å². The van der Waals surface area contributed by atoms with Gasteiger partial charge in [-0.1, -0.05) is 6.08 Å². The number of nitrogens with zero attached hydrogens (tertiary/aromatic N) is 5. The fourth-order valence-electron chi connectivity index (χ4n) is 4.49. The Balaban J connectivity index is 1.29. The van der Waals surface area contributed by atoms with Gasteiger partial charge >= 0.3 is 0 Å². The number of hydrogen-bond donors (Lipinski definition) is 1. The van der Waals surface area contributed by atoms with Crippen LogP contribution in [0.3, 0.4) is 0 Å². The smallest absolute Gasteiger partial charge is 0.261 e. The van der Waals surface area contributed by atoms with E-state index in [1.54, 1.807) is 10.7 Å². The summed E-state index contributed by atoms with van der Waals surface area (Å²) >= 11 is 0. The zero-order chi connectivity index (χ0) is 21.9. The second kappa shape index (κ2) is 9.28. The molecular formula is C23H26F2N6O. The van der Waals surface area contributed by atoms with Gasteiger partial charge in [-0.25, -0.2) is 28.2 Å². The van der Waals surface area contributed by atoms with E-state index in [0.29, 0.717) is 5.95 Å². The molecule has 0 spiro atoms. The lowest BCUT2D eigenvalue weighted by Crippen LogP contribution is -2.31. The van der Waals surface area contributed by atoms with Gasteiger partial charge in [-0.15, -0.1) is 0 Å². The summed E-state index contributed by atoms with van der Waals surface area (Å²) in [4.78, 5) is 13.7. The van der Waals surface area contributed by atoms with Crippen LogP contribution in [0.15, 0.2) is 36.8 Å². The Morgan fingerprint density at radius 3 is 2.88 bits per heavy atom. The van der Waals surface area contributed by atoms with E-state index in [1.165, 1.54) is 0 Å². The SMILES string of the molecule is FC(F)COC1CCC(Nc2ncc3c(n2)CCCC=C3c2ccc3nccn3n2)CC1. The summed E-state index contributed by atoms with van der Waals surface area (Å²) in [6, 6.07) is 4.18. The molecule has 3 aromatic rings. The Kier molecular flexibility index (Phi) is 6.07. The zero-order valence-corrected chi connectivity index (χ0v) is 17.8. The van der Waals surface area contributed by atoms with Crippen molar-refractivity contribution in [3.63, 3.8) is 0 Å². The lowest BCUT2D eigenvalue weighted by molar-refractivity contribution is -0.0374. The van der Waals surface area contributed by atoms with Crippen molar-refractivity contribution in [2.75, 3.05) is 11.9 Å². The van der Waals surface area contributed by atoms with Crippen LogP contribution >= 0.6 is 0 Å². The average Bonchev–Trinajstić information content (AvgIpc) is 3.17. The van der Waals surface area contributed by atoms with Gasteiger partial charge in [0.25, 0.3) is 6.43 Å². The van der Waals surface area contributed by atoms with Gasteiger partial charge in [-0.05, 0) is 57.1 Å². The molecule has 0 saturated heterocycles. The van der Waals surface area contributed by atoms with E-state index in [-0.39, 0.29) is 12.1 Å². The molecule has 3 heterocycles. The summed E-state index contributed by atoms with van der Waals surface area (Å²) in [6.07, 6.45) is 11.3. The minimum Gasteiger partial charge on any atom is -0.372 e. The van der Waals surface area contributed by atoms with E-state index in [9.17, 15) is 8.78 Å². The molecule has 1 saturated carbocycles. The number of nitrogens with one attached hydrogen (secondary N) is 1. The molecule has 0 aliphatic heterocycles. The molecule has 0 amide bonds. The van der Waals surface area contributed by atoms with Gasteiger partial charge in [0.1, 0.15) is 6.61 Å². The monoisotopic (exact) mass is 440 g/mol. The standard InChI is InChI=1S/C23H26F2N6O/c24-21(25)14-32-16-7-5-15(6-8-16)28-23-27-13-18-17(3-1-2-4-19(18)29-23)20-9-10-22-26-11-12-31(22)30-20/h3,9-13,15-16,21H,1-2,4-8,14H2,(H,27,28,29). The number of anilines is 1. The lowest BCUT2D eigenvalue weighted by Gasteiger charge is -2.29. The lowest BCUT2D eigenvalue weighted by atomic mass is 9.93. The third-order valence-corrected chi connectivity index (χ3v) is 6.12. The number of rotatable bonds is 6. The maximum atomic E-state index is 12.3. The fourth-order valence-corrected chi connectivity index (χ4v) is 4.49. The number of aromatic nitrogens is 5. The van der Waals surface area contributed by atoms with E-state index in [1.807, 2.05) is 24.5 Å². The summed E-state index contributed by atoms with van der Waals surface area (Å²) in [5.74, 6) is 0.625. The van der Waals surface area contributed by atoms with Gasteiger partial charge in [0.2, 0.25) is 5.95 Å². The minimum atomic E-state index is -2.41. The highest BCUT2D eigenvalue weighted by Crippen LogP contribution is 2.30. The molecule has 9 heteroatoms. The van der Waals surface area contributed by atoms with Gasteiger partial charge in [0, 0.05) is 35.8 Å². The van der Waals surface area contributed by atoms with Gasteiger partial charge in [-0.2, -0.15) is 5.10 Å². The first-order chi connectivity index (χ1) is 15.7. The molecule has 3 aromatic heterocycles. The molecule has 1 N–H and O–H groups in total. The quantitative estimate of drug-likeness (QED) is 0.616. The van der Waals surface area contributed by atoms with E-state index >= 15 is 0 Å². The number of ether oxygens (including phenoxy) is 1.